The number of rotatable bonds is 38. The second-order valence-corrected chi connectivity index (χ2v) is 14.6. The Balaban J connectivity index is 4.26. The molecule has 0 aliphatic rings. The molecular weight excluding hydrogens is 556 g/mol. The molecule has 0 aromatic heterocycles. The Kier molecular flexibility index (Phi) is 33.5. The van der Waals surface area contributed by atoms with E-state index in [0.29, 0.717) is 6.42 Å². The molecule has 0 aliphatic carbocycles. The van der Waals surface area contributed by atoms with Crippen LogP contribution in [-0.4, -0.2) is 22.2 Å². The van der Waals surface area contributed by atoms with E-state index in [9.17, 15) is 14.7 Å². The van der Waals surface area contributed by atoms with E-state index in [1.807, 2.05) is 0 Å². The smallest absolute Gasteiger partial charge is 0.309 e. The van der Waals surface area contributed by atoms with Crippen LogP contribution in [-0.2, 0) is 9.59 Å². The van der Waals surface area contributed by atoms with Crippen molar-refractivity contribution in [3.63, 3.8) is 0 Å². The number of hydrogen-bond donors (Lipinski definition) is 2. The molecule has 4 heteroatoms. The van der Waals surface area contributed by atoms with Gasteiger partial charge in [-0.3, -0.25) is 9.59 Å². The van der Waals surface area contributed by atoms with E-state index < -0.39 is 17.4 Å². The van der Waals surface area contributed by atoms with Crippen LogP contribution in [0.2, 0.25) is 0 Å². The van der Waals surface area contributed by atoms with Crippen molar-refractivity contribution in [1.29, 1.82) is 0 Å². The second-order valence-electron chi connectivity index (χ2n) is 14.6. The Hall–Kier alpha value is -1.06. The zero-order valence-corrected chi connectivity index (χ0v) is 30.7. The molecule has 0 aliphatic heterocycles. The van der Waals surface area contributed by atoms with Gasteiger partial charge in [-0.2, -0.15) is 0 Å². The number of carbonyl (C=O) groups is 2. The number of hydrogen-bond acceptors (Lipinski definition) is 2. The summed E-state index contributed by atoms with van der Waals surface area (Å²) in [6.45, 7) is 4.56. The largest absolute Gasteiger partial charge is 0.481 e. The van der Waals surface area contributed by atoms with E-state index in [1.165, 1.54) is 154 Å². The molecule has 0 aromatic carbocycles. The summed E-state index contributed by atoms with van der Waals surface area (Å²) in [5, 5.41) is 19.3. The topological polar surface area (TPSA) is 74.6 Å². The highest BCUT2D eigenvalue weighted by atomic mass is 16.4. The van der Waals surface area contributed by atoms with Crippen LogP contribution in [0, 0.1) is 5.41 Å². The molecule has 0 radical (unpaired) electrons. The van der Waals surface area contributed by atoms with E-state index in [-0.39, 0.29) is 6.42 Å². The Labute approximate surface area is 281 Å². The van der Waals surface area contributed by atoms with Crippen LogP contribution in [0.5, 0.6) is 0 Å². The maximum absolute atomic E-state index is 12.7. The molecule has 0 unspecified atom stereocenters. The lowest BCUT2D eigenvalue weighted by Crippen LogP contribution is -2.31. The van der Waals surface area contributed by atoms with Crippen molar-refractivity contribution < 1.29 is 19.8 Å². The fourth-order valence-electron chi connectivity index (χ4n) is 7.10. The third-order valence-electron chi connectivity index (χ3n) is 10.3. The fraction of sp³-hybridized carbons (Fsp3) is 0.951. The summed E-state index contributed by atoms with van der Waals surface area (Å²) in [6, 6.07) is 0. The summed E-state index contributed by atoms with van der Waals surface area (Å²) in [4.78, 5) is 23.5. The minimum atomic E-state index is -0.731. The van der Waals surface area contributed by atoms with E-state index in [4.69, 9.17) is 5.11 Å². The van der Waals surface area contributed by atoms with Gasteiger partial charge in [-0.05, 0) is 25.7 Å². The number of carboxylic acid groups (broad SMARTS) is 2. The van der Waals surface area contributed by atoms with Crippen LogP contribution in [0.15, 0.2) is 0 Å². The third kappa shape index (κ3) is 30.0. The predicted octanol–water partition coefficient (Wildman–Crippen LogP) is 14.2. The highest BCUT2D eigenvalue weighted by Gasteiger charge is 2.36. The Morgan fingerprint density at radius 3 is 0.800 bits per heavy atom. The molecular formula is C41H80O4. The van der Waals surface area contributed by atoms with Crippen LogP contribution >= 0.6 is 0 Å². The molecule has 0 spiro atoms. The van der Waals surface area contributed by atoms with Gasteiger partial charge in [0.1, 0.15) is 0 Å². The molecule has 0 saturated carbocycles. The molecule has 0 bridgehead atoms. The van der Waals surface area contributed by atoms with E-state index >= 15 is 0 Å². The van der Waals surface area contributed by atoms with E-state index in [2.05, 4.69) is 13.8 Å². The summed E-state index contributed by atoms with van der Waals surface area (Å²) < 4.78 is 0. The summed E-state index contributed by atoms with van der Waals surface area (Å²) >= 11 is 0. The van der Waals surface area contributed by atoms with E-state index in [1.54, 1.807) is 0 Å². The number of aliphatic carboxylic acids is 2. The average molecular weight is 637 g/mol. The molecule has 0 amide bonds. The van der Waals surface area contributed by atoms with Gasteiger partial charge in [-0.25, -0.2) is 0 Å². The SMILES string of the molecule is CCCCCCCCCCCCCCCCC(CCCCCCCCCCCCCCCC)(CCCCCCC(=O)O)C(=O)O. The Bertz CT molecular complexity index is 599. The lowest BCUT2D eigenvalue weighted by molar-refractivity contribution is -0.150. The first-order chi connectivity index (χ1) is 22.0. The minimum absolute atomic E-state index is 0.224. The second kappa shape index (κ2) is 34.3. The predicted molar refractivity (Wildman–Crippen MR) is 195 cm³/mol. The average Bonchev–Trinajstić information content (AvgIpc) is 3.02. The summed E-state index contributed by atoms with van der Waals surface area (Å²) in [5.41, 5.74) is -0.582. The molecule has 0 atom stereocenters. The van der Waals surface area contributed by atoms with Gasteiger partial charge < -0.3 is 10.2 Å². The third-order valence-corrected chi connectivity index (χ3v) is 10.3. The van der Waals surface area contributed by atoms with Gasteiger partial charge in [0.25, 0.3) is 0 Å². The van der Waals surface area contributed by atoms with Crippen molar-refractivity contribution in [1.82, 2.24) is 0 Å². The monoisotopic (exact) mass is 637 g/mol. The minimum Gasteiger partial charge on any atom is -0.481 e. The quantitative estimate of drug-likeness (QED) is 0.0661. The maximum atomic E-state index is 12.7. The maximum Gasteiger partial charge on any atom is 0.309 e. The van der Waals surface area contributed by atoms with Crippen LogP contribution in [0.3, 0.4) is 0 Å². The molecule has 0 rings (SSSR count). The van der Waals surface area contributed by atoms with Crippen LogP contribution in [0.25, 0.3) is 0 Å². The summed E-state index contributed by atoms with van der Waals surface area (Å²) in [5.74, 6) is -1.32. The first kappa shape index (κ1) is 43.9. The summed E-state index contributed by atoms with van der Waals surface area (Å²) in [6.07, 6.45) is 43.1. The van der Waals surface area contributed by atoms with Gasteiger partial charge in [0, 0.05) is 6.42 Å². The lowest BCUT2D eigenvalue weighted by atomic mass is 9.74. The van der Waals surface area contributed by atoms with Crippen molar-refractivity contribution in [3.8, 4) is 0 Å². The van der Waals surface area contributed by atoms with Gasteiger partial charge in [0.2, 0.25) is 0 Å². The Morgan fingerprint density at radius 1 is 0.356 bits per heavy atom. The molecule has 0 heterocycles. The van der Waals surface area contributed by atoms with Gasteiger partial charge in [-0.1, -0.05) is 213 Å². The summed E-state index contributed by atoms with van der Waals surface area (Å²) in [7, 11) is 0. The van der Waals surface area contributed by atoms with Crippen LogP contribution in [0.4, 0.5) is 0 Å². The fourth-order valence-corrected chi connectivity index (χ4v) is 7.10. The highest BCUT2D eigenvalue weighted by Crippen LogP contribution is 2.38. The molecule has 0 saturated heterocycles. The zero-order chi connectivity index (χ0) is 33.1. The van der Waals surface area contributed by atoms with Crippen molar-refractivity contribution in [3.05, 3.63) is 0 Å². The normalized spacial score (nSPS) is 11.8. The first-order valence-electron chi connectivity index (χ1n) is 20.4. The zero-order valence-electron chi connectivity index (χ0n) is 30.7. The molecule has 2 N–H and O–H groups in total. The van der Waals surface area contributed by atoms with Crippen LogP contribution in [0.1, 0.15) is 245 Å². The number of carboxylic acids is 2. The molecule has 4 nitrogen and oxygen atoms in total. The first-order valence-corrected chi connectivity index (χ1v) is 20.4. The van der Waals surface area contributed by atoms with Crippen molar-refractivity contribution in [2.75, 3.05) is 0 Å². The number of unbranched alkanes of at least 4 members (excludes halogenated alkanes) is 29. The van der Waals surface area contributed by atoms with Crippen molar-refractivity contribution in [2.45, 2.75) is 245 Å². The van der Waals surface area contributed by atoms with Gasteiger partial charge in [-0.15, -0.1) is 0 Å². The van der Waals surface area contributed by atoms with Gasteiger partial charge >= 0.3 is 11.9 Å². The standard InChI is InChI=1S/C41H80O4/c1-3-5-7-9-11-13-15-17-19-21-23-25-28-32-36-41(40(44)45,38-34-30-27-31-35-39(42)43)37-33-29-26-24-22-20-18-16-14-12-10-8-6-4-2/h3-38H2,1-2H3,(H,42,43)(H,44,45). The Morgan fingerprint density at radius 2 is 0.578 bits per heavy atom. The lowest BCUT2D eigenvalue weighted by Gasteiger charge is -2.30. The highest BCUT2D eigenvalue weighted by molar-refractivity contribution is 5.74. The van der Waals surface area contributed by atoms with Gasteiger partial charge in [0.05, 0.1) is 5.41 Å². The van der Waals surface area contributed by atoms with Crippen LogP contribution < -0.4 is 0 Å². The molecule has 0 aromatic rings. The van der Waals surface area contributed by atoms with Crippen molar-refractivity contribution >= 4 is 11.9 Å². The van der Waals surface area contributed by atoms with Crippen molar-refractivity contribution in [2.24, 2.45) is 5.41 Å². The molecule has 0 fully saturated rings. The molecule has 268 valence electrons. The molecule has 45 heavy (non-hydrogen) atoms. The van der Waals surface area contributed by atoms with Gasteiger partial charge in [0.15, 0.2) is 0 Å². The van der Waals surface area contributed by atoms with E-state index in [0.717, 1.165) is 64.2 Å².